The molecule has 94 valence electrons. The molecule has 0 aliphatic heterocycles. The fourth-order valence-corrected chi connectivity index (χ4v) is 2.27. The number of fused-ring (bicyclic) bond motifs is 1. The van der Waals surface area contributed by atoms with Gasteiger partial charge in [0.15, 0.2) is 0 Å². The summed E-state index contributed by atoms with van der Waals surface area (Å²) in [6.45, 7) is 0. The third-order valence-electron chi connectivity index (χ3n) is 2.76. The fraction of sp³-hybridized carbons (Fsp3) is 0. The van der Waals surface area contributed by atoms with Crippen LogP contribution in [0.25, 0.3) is 10.8 Å². The quantitative estimate of drug-likeness (QED) is 0.701. The Labute approximate surface area is 113 Å². The molecule has 3 N–H and O–H groups in total. The average Bonchev–Trinajstić information content (AvgIpc) is 2.90. The Morgan fingerprint density at radius 2 is 1.95 bits per heavy atom. The number of hydrogen-bond donors (Lipinski definition) is 2. The maximum absolute atomic E-state index is 12.1. The van der Waals surface area contributed by atoms with Crippen molar-refractivity contribution in [1.29, 1.82) is 0 Å². The summed E-state index contributed by atoms with van der Waals surface area (Å²) in [5, 5.41) is 8.96. The normalized spacial score (nSPS) is 10.5. The van der Waals surface area contributed by atoms with Gasteiger partial charge in [-0.25, -0.2) is 0 Å². The number of carbonyl (C=O) groups excluding carboxylic acids is 1. The number of carbonyl (C=O) groups is 1. The second-order valence-corrected chi connectivity index (χ2v) is 4.81. The van der Waals surface area contributed by atoms with Crippen molar-refractivity contribution >= 4 is 38.9 Å². The molecule has 2 aromatic carbocycles. The van der Waals surface area contributed by atoms with Crippen LogP contribution in [0.15, 0.2) is 42.6 Å². The molecule has 19 heavy (non-hydrogen) atoms. The number of benzene rings is 2. The first kappa shape index (κ1) is 11.6. The number of nitrogens with two attached hydrogens (primary N) is 1. The van der Waals surface area contributed by atoms with E-state index in [1.807, 2.05) is 24.3 Å². The van der Waals surface area contributed by atoms with Crippen molar-refractivity contribution in [2.24, 2.45) is 0 Å². The third-order valence-corrected chi connectivity index (χ3v) is 3.34. The number of aromatic nitrogens is 2. The number of nitrogens with one attached hydrogen (secondary N) is 1. The van der Waals surface area contributed by atoms with Gasteiger partial charge in [-0.3, -0.25) is 4.79 Å². The maximum Gasteiger partial charge on any atom is 0.258 e. The van der Waals surface area contributed by atoms with E-state index in [9.17, 15) is 4.79 Å². The van der Waals surface area contributed by atoms with E-state index in [0.29, 0.717) is 16.3 Å². The van der Waals surface area contributed by atoms with Crippen LogP contribution in [0.1, 0.15) is 10.4 Å². The minimum atomic E-state index is -0.255. The zero-order valence-electron chi connectivity index (χ0n) is 9.83. The van der Waals surface area contributed by atoms with Gasteiger partial charge < -0.3 is 11.1 Å². The minimum Gasteiger partial charge on any atom is -0.398 e. The highest BCUT2D eigenvalue weighted by Crippen LogP contribution is 2.23. The Balaban J connectivity index is 1.99. The van der Waals surface area contributed by atoms with Crippen LogP contribution < -0.4 is 11.1 Å². The highest BCUT2D eigenvalue weighted by atomic mass is 32.1. The van der Waals surface area contributed by atoms with Gasteiger partial charge in [0.1, 0.15) is 5.00 Å². The van der Waals surface area contributed by atoms with E-state index < -0.39 is 0 Å². The van der Waals surface area contributed by atoms with Crippen LogP contribution in [0.5, 0.6) is 0 Å². The molecule has 0 saturated heterocycles. The summed E-state index contributed by atoms with van der Waals surface area (Å²) < 4.78 is 3.69. The van der Waals surface area contributed by atoms with Crippen molar-refractivity contribution in [3.63, 3.8) is 0 Å². The van der Waals surface area contributed by atoms with Crippen molar-refractivity contribution in [3.05, 3.63) is 48.2 Å². The number of nitrogen functional groups attached to an aromatic ring is 1. The Kier molecular flexibility index (Phi) is 2.85. The SMILES string of the molecule is Nc1cc2ccccc2cc1C(=O)Nc1cnns1. The van der Waals surface area contributed by atoms with Gasteiger partial charge in [0.25, 0.3) is 5.91 Å². The van der Waals surface area contributed by atoms with E-state index in [4.69, 9.17) is 5.73 Å². The first-order chi connectivity index (χ1) is 9.24. The first-order valence-electron chi connectivity index (χ1n) is 5.61. The lowest BCUT2D eigenvalue weighted by Crippen LogP contribution is -2.13. The van der Waals surface area contributed by atoms with Gasteiger partial charge in [-0.1, -0.05) is 28.8 Å². The predicted octanol–water partition coefficient (Wildman–Crippen LogP) is 2.53. The van der Waals surface area contributed by atoms with Crippen molar-refractivity contribution < 1.29 is 4.79 Å². The third kappa shape index (κ3) is 2.25. The zero-order chi connectivity index (χ0) is 13.2. The summed E-state index contributed by atoms with van der Waals surface area (Å²) in [6, 6.07) is 11.3. The Hall–Kier alpha value is -2.47. The molecule has 0 aliphatic rings. The standard InChI is InChI=1S/C13H10N4OS/c14-11-6-9-4-2-1-3-8(9)5-10(11)13(18)16-12-7-15-17-19-12/h1-7H,14H2,(H,16,18). The molecule has 0 bridgehead atoms. The molecule has 1 heterocycles. The molecule has 0 aliphatic carbocycles. The van der Waals surface area contributed by atoms with Crippen LogP contribution in [0.4, 0.5) is 10.7 Å². The lowest BCUT2D eigenvalue weighted by atomic mass is 10.0. The summed E-state index contributed by atoms with van der Waals surface area (Å²) in [6.07, 6.45) is 1.50. The molecule has 0 atom stereocenters. The molecular formula is C13H10N4OS. The summed E-state index contributed by atoms with van der Waals surface area (Å²) in [5.41, 5.74) is 6.83. The van der Waals surface area contributed by atoms with Gasteiger partial charge in [-0.2, -0.15) is 0 Å². The van der Waals surface area contributed by atoms with Gasteiger partial charge in [0.2, 0.25) is 0 Å². The van der Waals surface area contributed by atoms with Crippen LogP contribution in [0.3, 0.4) is 0 Å². The van der Waals surface area contributed by atoms with Crippen LogP contribution in [-0.4, -0.2) is 15.5 Å². The van der Waals surface area contributed by atoms with Crippen LogP contribution in [0.2, 0.25) is 0 Å². The Morgan fingerprint density at radius 1 is 1.21 bits per heavy atom. The summed E-state index contributed by atoms with van der Waals surface area (Å²) in [7, 11) is 0. The van der Waals surface area contributed by atoms with Gasteiger partial charge >= 0.3 is 0 Å². The van der Waals surface area contributed by atoms with Gasteiger partial charge in [-0.05, 0) is 22.9 Å². The lowest BCUT2D eigenvalue weighted by Gasteiger charge is -2.07. The molecular weight excluding hydrogens is 260 g/mol. The molecule has 3 rings (SSSR count). The van der Waals surface area contributed by atoms with E-state index in [2.05, 4.69) is 14.9 Å². The molecule has 3 aromatic rings. The molecule has 5 nitrogen and oxygen atoms in total. The predicted molar refractivity (Wildman–Crippen MR) is 76.2 cm³/mol. The molecule has 0 radical (unpaired) electrons. The average molecular weight is 270 g/mol. The molecule has 0 unspecified atom stereocenters. The van der Waals surface area contributed by atoms with Crippen molar-refractivity contribution in [2.75, 3.05) is 11.1 Å². The van der Waals surface area contributed by atoms with Gasteiger partial charge in [-0.15, -0.1) is 5.10 Å². The Bertz CT molecular complexity index is 739. The molecule has 0 fully saturated rings. The van der Waals surface area contributed by atoms with E-state index in [1.165, 1.54) is 6.20 Å². The van der Waals surface area contributed by atoms with E-state index >= 15 is 0 Å². The van der Waals surface area contributed by atoms with Crippen LogP contribution in [0, 0.1) is 0 Å². The highest BCUT2D eigenvalue weighted by molar-refractivity contribution is 7.10. The van der Waals surface area contributed by atoms with Crippen molar-refractivity contribution in [1.82, 2.24) is 9.59 Å². The van der Waals surface area contributed by atoms with Gasteiger partial charge in [0, 0.05) is 17.2 Å². The van der Waals surface area contributed by atoms with Crippen molar-refractivity contribution in [2.45, 2.75) is 0 Å². The second-order valence-electron chi connectivity index (χ2n) is 4.02. The number of amides is 1. The van der Waals surface area contributed by atoms with Crippen LogP contribution in [-0.2, 0) is 0 Å². The topological polar surface area (TPSA) is 80.9 Å². The van der Waals surface area contributed by atoms with E-state index in [1.54, 1.807) is 12.1 Å². The number of rotatable bonds is 2. The smallest absolute Gasteiger partial charge is 0.258 e. The summed E-state index contributed by atoms with van der Waals surface area (Å²) in [5.74, 6) is -0.255. The highest BCUT2D eigenvalue weighted by Gasteiger charge is 2.12. The van der Waals surface area contributed by atoms with Crippen molar-refractivity contribution in [3.8, 4) is 0 Å². The molecule has 6 heteroatoms. The maximum atomic E-state index is 12.1. The first-order valence-corrected chi connectivity index (χ1v) is 6.38. The number of hydrogen-bond acceptors (Lipinski definition) is 5. The molecule has 1 aromatic heterocycles. The van der Waals surface area contributed by atoms with Gasteiger partial charge in [0.05, 0.1) is 11.8 Å². The Morgan fingerprint density at radius 3 is 2.63 bits per heavy atom. The molecule has 0 saturated carbocycles. The largest absolute Gasteiger partial charge is 0.398 e. The second kappa shape index (κ2) is 4.66. The number of anilines is 2. The zero-order valence-corrected chi connectivity index (χ0v) is 10.6. The monoisotopic (exact) mass is 270 g/mol. The minimum absolute atomic E-state index is 0.255. The summed E-state index contributed by atoms with van der Waals surface area (Å²) >= 11 is 1.12. The fourth-order valence-electron chi connectivity index (χ4n) is 1.86. The number of nitrogens with zero attached hydrogens (tertiary/aromatic N) is 2. The van der Waals surface area contributed by atoms with Crippen LogP contribution >= 0.6 is 11.5 Å². The summed E-state index contributed by atoms with van der Waals surface area (Å²) in [4.78, 5) is 12.1. The van der Waals surface area contributed by atoms with E-state index in [-0.39, 0.29) is 5.91 Å². The molecule has 1 amide bonds. The molecule has 0 spiro atoms. The van der Waals surface area contributed by atoms with E-state index in [0.717, 1.165) is 22.3 Å². The lowest BCUT2D eigenvalue weighted by molar-refractivity contribution is 0.102.